The monoisotopic (exact) mass is 177 g/mol. The van der Waals surface area contributed by atoms with Crippen molar-refractivity contribution in [2.75, 3.05) is 18.1 Å². The molecular formula is C8H19NOS. The van der Waals surface area contributed by atoms with Gasteiger partial charge in [0.15, 0.2) is 0 Å². The molecule has 0 aliphatic rings. The number of rotatable bonds is 7. The van der Waals surface area contributed by atoms with Crippen molar-refractivity contribution in [3.05, 3.63) is 0 Å². The zero-order chi connectivity index (χ0) is 8.53. The van der Waals surface area contributed by atoms with E-state index in [1.807, 2.05) is 18.7 Å². The van der Waals surface area contributed by atoms with Crippen LogP contribution in [0.25, 0.3) is 0 Å². The average Bonchev–Trinajstić information content (AvgIpc) is 1.96. The fraction of sp³-hybridized carbons (Fsp3) is 1.00. The number of hydrogen-bond acceptors (Lipinski definition) is 3. The van der Waals surface area contributed by atoms with Gasteiger partial charge < -0.3 is 10.8 Å². The molecule has 1 atom stereocenters. The van der Waals surface area contributed by atoms with E-state index in [1.165, 1.54) is 12.2 Å². The second kappa shape index (κ2) is 8.37. The number of hydrogen-bond donors (Lipinski definition) is 2. The van der Waals surface area contributed by atoms with Crippen LogP contribution < -0.4 is 5.73 Å². The molecule has 0 aromatic heterocycles. The molecule has 1 unspecified atom stereocenters. The number of unbranched alkanes of at least 4 members (excludes halogenated alkanes) is 2. The predicted octanol–water partition coefficient (Wildman–Crippen LogP) is 1.23. The lowest BCUT2D eigenvalue weighted by atomic mass is 10.3. The van der Waals surface area contributed by atoms with Crippen molar-refractivity contribution in [2.24, 2.45) is 5.73 Å². The van der Waals surface area contributed by atoms with Crippen LogP contribution in [0.1, 0.15) is 26.2 Å². The summed E-state index contributed by atoms with van der Waals surface area (Å²) in [7, 11) is 0. The Bertz CT molecular complexity index is 78.5. The largest absolute Gasteiger partial charge is 0.396 e. The molecule has 0 aliphatic heterocycles. The Morgan fingerprint density at radius 1 is 1.36 bits per heavy atom. The highest BCUT2D eigenvalue weighted by Gasteiger charge is 1.93. The van der Waals surface area contributed by atoms with Crippen LogP contribution in [-0.4, -0.2) is 29.3 Å². The minimum atomic E-state index is 0.317. The van der Waals surface area contributed by atoms with Crippen LogP contribution in [-0.2, 0) is 0 Å². The number of thioether (sulfide) groups is 1. The zero-order valence-electron chi connectivity index (χ0n) is 7.25. The van der Waals surface area contributed by atoms with Crippen LogP contribution in [0.5, 0.6) is 0 Å². The van der Waals surface area contributed by atoms with E-state index in [1.54, 1.807) is 0 Å². The normalized spacial score (nSPS) is 13.4. The summed E-state index contributed by atoms with van der Waals surface area (Å²) in [5.41, 5.74) is 5.57. The quantitative estimate of drug-likeness (QED) is 0.575. The highest BCUT2D eigenvalue weighted by atomic mass is 32.2. The van der Waals surface area contributed by atoms with E-state index in [0.29, 0.717) is 12.6 Å². The Hall–Kier alpha value is 0.270. The van der Waals surface area contributed by atoms with Gasteiger partial charge in [-0.2, -0.15) is 11.8 Å². The van der Waals surface area contributed by atoms with Gasteiger partial charge in [0, 0.05) is 18.4 Å². The minimum Gasteiger partial charge on any atom is -0.396 e. The lowest BCUT2D eigenvalue weighted by molar-refractivity contribution is 0.284. The van der Waals surface area contributed by atoms with Gasteiger partial charge in [-0.25, -0.2) is 0 Å². The number of aliphatic hydroxyl groups excluding tert-OH is 1. The molecule has 3 N–H and O–H groups in total. The summed E-state index contributed by atoms with van der Waals surface area (Å²) >= 11 is 1.91. The van der Waals surface area contributed by atoms with Gasteiger partial charge >= 0.3 is 0 Å². The third kappa shape index (κ3) is 10.3. The van der Waals surface area contributed by atoms with Gasteiger partial charge in [-0.15, -0.1) is 0 Å². The van der Waals surface area contributed by atoms with Crippen molar-refractivity contribution in [2.45, 2.75) is 32.2 Å². The molecular weight excluding hydrogens is 158 g/mol. The van der Waals surface area contributed by atoms with E-state index in [-0.39, 0.29) is 0 Å². The second-order valence-electron chi connectivity index (χ2n) is 2.84. The van der Waals surface area contributed by atoms with Crippen LogP contribution in [0.15, 0.2) is 0 Å². The van der Waals surface area contributed by atoms with Crippen molar-refractivity contribution in [3.63, 3.8) is 0 Å². The molecule has 11 heavy (non-hydrogen) atoms. The van der Waals surface area contributed by atoms with E-state index < -0.39 is 0 Å². The molecule has 0 heterocycles. The van der Waals surface area contributed by atoms with E-state index in [9.17, 15) is 0 Å². The smallest absolute Gasteiger partial charge is 0.0431 e. The molecule has 0 aromatic rings. The molecule has 0 bridgehead atoms. The fourth-order valence-corrected chi connectivity index (χ4v) is 1.71. The average molecular weight is 177 g/mol. The lowest BCUT2D eigenvalue weighted by Crippen LogP contribution is -2.17. The van der Waals surface area contributed by atoms with Gasteiger partial charge in [0.05, 0.1) is 0 Å². The van der Waals surface area contributed by atoms with Crippen molar-refractivity contribution in [1.82, 2.24) is 0 Å². The minimum absolute atomic E-state index is 0.317. The number of aliphatic hydroxyl groups is 1. The number of nitrogens with two attached hydrogens (primary N) is 1. The molecule has 0 aromatic carbocycles. The van der Waals surface area contributed by atoms with E-state index in [2.05, 4.69) is 0 Å². The lowest BCUT2D eigenvalue weighted by Gasteiger charge is -2.03. The first-order valence-corrected chi connectivity index (χ1v) is 5.37. The topological polar surface area (TPSA) is 46.2 Å². The highest BCUT2D eigenvalue weighted by molar-refractivity contribution is 7.99. The van der Waals surface area contributed by atoms with Crippen LogP contribution >= 0.6 is 11.8 Å². The van der Waals surface area contributed by atoms with Crippen molar-refractivity contribution >= 4 is 11.8 Å². The van der Waals surface area contributed by atoms with E-state index >= 15 is 0 Å². The molecule has 0 saturated heterocycles. The van der Waals surface area contributed by atoms with Gasteiger partial charge in [0.1, 0.15) is 0 Å². The van der Waals surface area contributed by atoms with Crippen molar-refractivity contribution in [1.29, 1.82) is 0 Å². The summed E-state index contributed by atoms with van der Waals surface area (Å²) < 4.78 is 0. The Morgan fingerprint density at radius 3 is 2.64 bits per heavy atom. The van der Waals surface area contributed by atoms with Gasteiger partial charge in [-0.3, -0.25) is 0 Å². The van der Waals surface area contributed by atoms with Gasteiger partial charge in [-0.05, 0) is 25.5 Å². The van der Waals surface area contributed by atoms with Crippen LogP contribution in [0.2, 0.25) is 0 Å². The molecule has 3 heteroatoms. The van der Waals surface area contributed by atoms with E-state index in [0.717, 1.165) is 18.6 Å². The summed E-state index contributed by atoms with van der Waals surface area (Å²) in [6.07, 6.45) is 3.29. The van der Waals surface area contributed by atoms with Gasteiger partial charge in [0.2, 0.25) is 0 Å². The standard InChI is InChI=1S/C8H19NOS/c1-8(9)7-11-6-4-2-3-5-10/h8,10H,2-7,9H2,1H3. The first kappa shape index (κ1) is 11.3. The van der Waals surface area contributed by atoms with Crippen LogP contribution in [0.3, 0.4) is 0 Å². The molecule has 0 spiro atoms. The summed E-state index contributed by atoms with van der Waals surface area (Å²) in [6.45, 7) is 2.36. The first-order valence-electron chi connectivity index (χ1n) is 4.21. The Balaban J connectivity index is 2.80. The Kier molecular flexibility index (Phi) is 8.57. The maximum absolute atomic E-state index is 8.48. The zero-order valence-corrected chi connectivity index (χ0v) is 8.07. The summed E-state index contributed by atoms with van der Waals surface area (Å²) in [4.78, 5) is 0. The van der Waals surface area contributed by atoms with Crippen LogP contribution in [0, 0.1) is 0 Å². The fourth-order valence-electron chi connectivity index (χ4n) is 0.762. The maximum Gasteiger partial charge on any atom is 0.0431 e. The van der Waals surface area contributed by atoms with Crippen molar-refractivity contribution in [3.8, 4) is 0 Å². The Morgan fingerprint density at radius 2 is 2.09 bits per heavy atom. The third-order valence-corrected chi connectivity index (χ3v) is 2.67. The molecule has 0 rings (SSSR count). The molecule has 0 fully saturated rings. The molecule has 2 nitrogen and oxygen atoms in total. The predicted molar refractivity (Wildman–Crippen MR) is 51.9 cm³/mol. The van der Waals surface area contributed by atoms with E-state index in [4.69, 9.17) is 10.8 Å². The molecule has 68 valence electrons. The van der Waals surface area contributed by atoms with Gasteiger partial charge in [-0.1, -0.05) is 6.42 Å². The van der Waals surface area contributed by atoms with Crippen LogP contribution in [0.4, 0.5) is 0 Å². The summed E-state index contributed by atoms with van der Waals surface area (Å²) in [6, 6.07) is 0.317. The maximum atomic E-state index is 8.48. The molecule has 0 saturated carbocycles. The molecule has 0 amide bonds. The SMILES string of the molecule is CC(N)CSCCCCCO. The Labute approximate surface area is 73.6 Å². The summed E-state index contributed by atoms with van der Waals surface area (Å²) in [5, 5.41) is 8.48. The summed E-state index contributed by atoms with van der Waals surface area (Å²) in [5.74, 6) is 2.24. The molecule has 0 aliphatic carbocycles. The van der Waals surface area contributed by atoms with Gasteiger partial charge in [0.25, 0.3) is 0 Å². The molecule has 0 radical (unpaired) electrons. The second-order valence-corrected chi connectivity index (χ2v) is 3.99. The highest BCUT2D eigenvalue weighted by Crippen LogP contribution is 2.06. The first-order chi connectivity index (χ1) is 5.27. The van der Waals surface area contributed by atoms with Crippen molar-refractivity contribution < 1.29 is 5.11 Å². The third-order valence-electron chi connectivity index (χ3n) is 1.33.